The van der Waals surface area contributed by atoms with Gasteiger partial charge >= 0.3 is 0 Å². The molecule has 0 spiro atoms. The Morgan fingerprint density at radius 3 is 2.53 bits per heavy atom. The van der Waals surface area contributed by atoms with Gasteiger partial charge in [-0.05, 0) is 64.8 Å². The molecule has 0 heterocycles. The second kappa shape index (κ2) is 6.57. The third kappa shape index (κ3) is 3.96. The van der Waals surface area contributed by atoms with Gasteiger partial charge in [-0.25, -0.2) is 4.39 Å². The van der Waals surface area contributed by atoms with Gasteiger partial charge in [0.2, 0.25) is 0 Å². The van der Waals surface area contributed by atoms with E-state index in [4.69, 9.17) is 4.74 Å². The number of nitrogens with one attached hydrogen (secondary N) is 1. The van der Waals surface area contributed by atoms with Crippen LogP contribution in [0.25, 0.3) is 0 Å². The van der Waals surface area contributed by atoms with Crippen LogP contribution in [0.1, 0.15) is 12.5 Å². The highest BCUT2D eigenvalue weighted by molar-refractivity contribution is 9.10. The van der Waals surface area contributed by atoms with Gasteiger partial charge in [0.25, 0.3) is 0 Å². The molecule has 0 bridgehead atoms. The van der Waals surface area contributed by atoms with Crippen LogP contribution in [-0.4, -0.2) is 6.61 Å². The largest absolute Gasteiger partial charge is 0.494 e. The molecule has 2 rings (SSSR count). The van der Waals surface area contributed by atoms with Gasteiger partial charge < -0.3 is 10.1 Å². The van der Waals surface area contributed by atoms with Gasteiger partial charge in [-0.1, -0.05) is 6.07 Å². The highest BCUT2D eigenvalue weighted by Crippen LogP contribution is 2.19. The van der Waals surface area contributed by atoms with Gasteiger partial charge in [0.1, 0.15) is 11.6 Å². The molecule has 19 heavy (non-hydrogen) atoms. The minimum Gasteiger partial charge on any atom is -0.494 e. The zero-order chi connectivity index (χ0) is 13.7. The summed E-state index contributed by atoms with van der Waals surface area (Å²) in [4.78, 5) is 0. The number of hydrogen-bond acceptors (Lipinski definition) is 2. The average Bonchev–Trinajstić information content (AvgIpc) is 2.42. The van der Waals surface area contributed by atoms with E-state index in [-0.39, 0.29) is 5.82 Å². The van der Waals surface area contributed by atoms with Gasteiger partial charge in [-0.2, -0.15) is 0 Å². The van der Waals surface area contributed by atoms with E-state index in [2.05, 4.69) is 21.2 Å². The molecule has 0 amide bonds. The quantitative estimate of drug-likeness (QED) is 0.868. The van der Waals surface area contributed by atoms with E-state index < -0.39 is 0 Å². The molecule has 0 aliphatic carbocycles. The molecule has 0 fully saturated rings. The molecule has 2 aromatic rings. The lowest BCUT2D eigenvalue weighted by Gasteiger charge is -2.08. The van der Waals surface area contributed by atoms with Crippen molar-refractivity contribution < 1.29 is 9.13 Å². The van der Waals surface area contributed by atoms with Crippen molar-refractivity contribution in [3.8, 4) is 5.75 Å². The van der Waals surface area contributed by atoms with E-state index in [1.54, 1.807) is 12.1 Å². The van der Waals surface area contributed by atoms with E-state index in [0.717, 1.165) is 17.0 Å². The van der Waals surface area contributed by atoms with Gasteiger partial charge in [-0.15, -0.1) is 0 Å². The topological polar surface area (TPSA) is 21.3 Å². The van der Waals surface area contributed by atoms with Crippen molar-refractivity contribution in [1.82, 2.24) is 0 Å². The molecule has 4 heteroatoms. The number of rotatable bonds is 5. The predicted octanol–water partition coefficient (Wildman–Crippen LogP) is 4.60. The Morgan fingerprint density at radius 2 is 1.89 bits per heavy atom. The van der Waals surface area contributed by atoms with E-state index in [9.17, 15) is 4.39 Å². The second-order valence-electron chi connectivity index (χ2n) is 4.06. The minimum atomic E-state index is -0.246. The minimum absolute atomic E-state index is 0.246. The molecular formula is C15H15BrFNO. The number of hydrogen-bond donors (Lipinski definition) is 1. The Morgan fingerprint density at radius 1 is 1.16 bits per heavy atom. The summed E-state index contributed by atoms with van der Waals surface area (Å²) in [6.07, 6.45) is 0. The summed E-state index contributed by atoms with van der Waals surface area (Å²) in [7, 11) is 0. The number of halogens is 2. The molecule has 2 aromatic carbocycles. The first-order valence-electron chi connectivity index (χ1n) is 6.09. The second-order valence-corrected chi connectivity index (χ2v) is 4.91. The van der Waals surface area contributed by atoms with Crippen molar-refractivity contribution in [1.29, 1.82) is 0 Å². The predicted molar refractivity (Wildman–Crippen MR) is 79.0 cm³/mol. The number of ether oxygens (including phenoxy) is 1. The molecule has 0 saturated heterocycles. The monoisotopic (exact) mass is 323 g/mol. The lowest BCUT2D eigenvalue weighted by molar-refractivity contribution is 0.340. The van der Waals surface area contributed by atoms with Crippen molar-refractivity contribution in [3.05, 3.63) is 58.3 Å². The first kappa shape index (κ1) is 13.9. The summed E-state index contributed by atoms with van der Waals surface area (Å²) in [6, 6.07) is 12.8. The smallest absolute Gasteiger partial charge is 0.137 e. The molecular weight excluding hydrogens is 309 g/mol. The average molecular weight is 324 g/mol. The third-order valence-electron chi connectivity index (χ3n) is 2.65. The Bertz CT molecular complexity index is 542. The lowest BCUT2D eigenvalue weighted by atomic mass is 10.2. The molecule has 2 nitrogen and oxygen atoms in total. The Labute approximate surface area is 120 Å². The SMILES string of the molecule is CCOc1ccc(NCc2ccc(F)c(Br)c2)cc1. The fourth-order valence-electron chi connectivity index (χ4n) is 1.69. The molecule has 0 atom stereocenters. The van der Waals surface area contributed by atoms with Crippen molar-refractivity contribution in [2.75, 3.05) is 11.9 Å². The first-order valence-corrected chi connectivity index (χ1v) is 6.89. The van der Waals surface area contributed by atoms with E-state index in [1.807, 2.05) is 31.2 Å². The molecule has 0 unspecified atom stereocenters. The maximum Gasteiger partial charge on any atom is 0.137 e. The molecule has 0 aliphatic heterocycles. The van der Waals surface area contributed by atoms with E-state index in [1.165, 1.54) is 6.07 Å². The van der Waals surface area contributed by atoms with Gasteiger partial charge in [-0.3, -0.25) is 0 Å². The number of benzene rings is 2. The maximum absolute atomic E-state index is 13.1. The highest BCUT2D eigenvalue weighted by atomic mass is 79.9. The van der Waals surface area contributed by atoms with Crippen LogP contribution < -0.4 is 10.1 Å². The van der Waals surface area contributed by atoms with Crippen molar-refractivity contribution >= 4 is 21.6 Å². The van der Waals surface area contributed by atoms with Crippen LogP contribution in [0.15, 0.2) is 46.9 Å². The van der Waals surface area contributed by atoms with Crippen LogP contribution in [-0.2, 0) is 6.54 Å². The van der Waals surface area contributed by atoms with Gasteiger partial charge in [0, 0.05) is 12.2 Å². The maximum atomic E-state index is 13.1. The first-order chi connectivity index (χ1) is 9.19. The fourth-order valence-corrected chi connectivity index (χ4v) is 2.12. The van der Waals surface area contributed by atoms with Crippen LogP contribution in [0.3, 0.4) is 0 Å². The van der Waals surface area contributed by atoms with Crippen molar-refractivity contribution in [3.63, 3.8) is 0 Å². The Hall–Kier alpha value is -1.55. The fraction of sp³-hybridized carbons (Fsp3) is 0.200. The Balaban J connectivity index is 1.96. The van der Waals surface area contributed by atoms with E-state index in [0.29, 0.717) is 17.6 Å². The molecule has 1 N–H and O–H groups in total. The highest BCUT2D eigenvalue weighted by Gasteiger charge is 2.00. The summed E-state index contributed by atoms with van der Waals surface area (Å²) in [5.74, 6) is 0.613. The number of anilines is 1. The normalized spacial score (nSPS) is 10.3. The van der Waals surface area contributed by atoms with Crippen LogP contribution in [0.5, 0.6) is 5.75 Å². The summed E-state index contributed by atoms with van der Waals surface area (Å²) in [6.45, 7) is 3.27. The van der Waals surface area contributed by atoms with Crippen LogP contribution in [0, 0.1) is 5.82 Å². The zero-order valence-electron chi connectivity index (χ0n) is 10.6. The summed E-state index contributed by atoms with van der Waals surface area (Å²) >= 11 is 3.18. The van der Waals surface area contributed by atoms with Crippen LogP contribution in [0.4, 0.5) is 10.1 Å². The summed E-state index contributed by atoms with van der Waals surface area (Å²) in [5, 5.41) is 3.28. The standard InChI is InChI=1S/C15H15BrFNO/c1-2-19-13-6-4-12(5-7-13)18-10-11-3-8-15(17)14(16)9-11/h3-9,18H,2,10H2,1H3. The van der Waals surface area contributed by atoms with Crippen molar-refractivity contribution in [2.24, 2.45) is 0 Å². The zero-order valence-corrected chi connectivity index (χ0v) is 12.2. The molecule has 0 radical (unpaired) electrons. The molecule has 0 aromatic heterocycles. The van der Waals surface area contributed by atoms with Crippen molar-refractivity contribution in [2.45, 2.75) is 13.5 Å². The third-order valence-corrected chi connectivity index (χ3v) is 3.25. The summed E-state index contributed by atoms with van der Waals surface area (Å²) in [5.41, 5.74) is 2.02. The Kier molecular flexibility index (Phi) is 4.80. The van der Waals surface area contributed by atoms with Crippen LogP contribution in [0.2, 0.25) is 0 Å². The molecule has 100 valence electrons. The molecule has 0 aliphatic rings. The lowest BCUT2D eigenvalue weighted by Crippen LogP contribution is -2.00. The molecule has 0 saturated carbocycles. The van der Waals surface area contributed by atoms with Gasteiger partial charge in [0.05, 0.1) is 11.1 Å². The van der Waals surface area contributed by atoms with Crippen LogP contribution >= 0.6 is 15.9 Å². The van der Waals surface area contributed by atoms with Gasteiger partial charge in [0.15, 0.2) is 0 Å². The van der Waals surface area contributed by atoms with E-state index >= 15 is 0 Å². The summed E-state index contributed by atoms with van der Waals surface area (Å²) < 4.78 is 19.0.